The van der Waals surface area contributed by atoms with Crippen molar-refractivity contribution >= 4 is 36.4 Å². The van der Waals surface area contributed by atoms with Gasteiger partial charge < -0.3 is 14.8 Å². The molecule has 0 bridgehead atoms. The van der Waals surface area contributed by atoms with Crippen LogP contribution in [0.25, 0.3) is 0 Å². The van der Waals surface area contributed by atoms with E-state index >= 15 is 0 Å². The highest BCUT2D eigenvalue weighted by atomic mass is 35.5. The van der Waals surface area contributed by atoms with E-state index < -0.39 is 0 Å². The highest BCUT2D eigenvalue weighted by molar-refractivity contribution is 6.30. The topological polar surface area (TPSA) is 33.7 Å². The van der Waals surface area contributed by atoms with Gasteiger partial charge in [0, 0.05) is 35.8 Å². The summed E-state index contributed by atoms with van der Waals surface area (Å²) in [4.78, 5) is 2.42. The molecule has 0 amide bonds. The van der Waals surface area contributed by atoms with E-state index in [-0.39, 0.29) is 37.2 Å². The van der Waals surface area contributed by atoms with Crippen molar-refractivity contribution in [3.63, 3.8) is 0 Å². The van der Waals surface area contributed by atoms with Gasteiger partial charge in [0.25, 0.3) is 0 Å². The lowest BCUT2D eigenvalue weighted by Gasteiger charge is -2.26. The van der Waals surface area contributed by atoms with Crippen LogP contribution >= 0.6 is 36.4 Å². The smallest absolute Gasteiger partial charge is 0.129 e. The molecule has 1 saturated heterocycles. The van der Waals surface area contributed by atoms with E-state index in [9.17, 15) is 4.39 Å². The van der Waals surface area contributed by atoms with Gasteiger partial charge in [0.1, 0.15) is 18.2 Å². The first kappa shape index (κ1) is 26.0. The van der Waals surface area contributed by atoms with Crippen molar-refractivity contribution in [2.45, 2.75) is 19.6 Å². The maximum atomic E-state index is 13.8. The second-order valence-corrected chi connectivity index (χ2v) is 7.05. The Labute approximate surface area is 189 Å². The minimum atomic E-state index is -0.255. The van der Waals surface area contributed by atoms with Crippen molar-refractivity contribution in [3.8, 4) is 5.75 Å². The first-order valence-electron chi connectivity index (χ1n) is 9.38. The number of hydrogen-bond donors (Lipinski definition) is 1. The minimum absolute atomic E-state index is 0. The molecule has 2 aromatic carbocycles. The second kappa shape index (κ2) is 14.0. The zero-order valence-electron chi connectivity index (χ0n) is 16.2. The van der Waals surface area contributed by atoms with Crippen molar-refractivity contribution < 1.29 is 13.9 Å². The van der Waals surface area contributed by atoms with Gasteiger partial charge in [0.2, 0.25) is 0 Å². The fraction of sp³-hybridized carbons (Fsp3) is 0.429. The van der Waals surface area contributed by atoms with E-state index in [4.69, 9.17) is 21.1 Å². The number of halogens is 4. The number of nitrogens with one attached hydrogen (secondary N) is 1. The Bertz CT molecular complexity index is 731. The Hall–Kier alpha value is -1.08. The quantitative estimate of drug-likeness (QED) is 0.544. The van der Waals surface area contributed by atoms with Crippen molar-refractivity contribution in [2.24, 2.45) is 0 Å². The Morgan fingerprint density at radius 3 is 2.59 bits per heavy atom. The molecule has 4 nitrogen and oxygen atoms in total. The van der Waals surface area contributed by atoms with Gasteiger partial charge in [-0.1, -0.05) is 29.8 Å². The molecule has 1 fully saturated rings. The maximum absolute atomic E-state index is 13.8. The fourth-order valence-electron chi connectivity index (χ4n) is 3.07. The summed E-state index contributed by atoms with van der Waals surface area (Å²) in [6, 6.07) is 12.2. The predicted octanol–water partition coefficient (Wildman–Crippen LogP) is 4.71. The molecule has 0 aromatic heterocycles. The standard InChI is InChI=1S/C21H26ClFN2O2.2ClH/c22-19-6-7-21(27-16-17-4-1-2-5-20(17)23)18(14-19)15-24-8-3-9-25-10-12-26-13-11-25;;/h1-2,4-7,14,24H,3,8-13,15-16H2;2*1H. The third kappa shape index (κ3) is 8.67. The van der Waals surface area contributed by atoms with Crippen LogP contribution in [-0.2, 0) is 17.9 Å². The third-order valence-electron chi connectivity index (χ3n) is 4.61. The normalized spacial score (nSPS) is 14.0. The molecule has 0 radical (unpaired) electrons. The Balaban J connectivity index is 0.00000210. The Kier molecular flexibility index (Phi) is 12.5. The molecular formula is C21H28Cl3FN2O2. The van der Waals surface area contributed by atoms with Gasteiger partial charge >= 0.3 is 0 Å². The van der Waals surface area contributed by atoms with Crippen molar-refractivity contribution in [2.75, 3.05) is 39.4 Å². The summed E-state index contributed by atoms with van der Waals surface area (Å²) in [5.74, 6) is 0.470. The lowest BCUT2D eigenvalue weighted by molar-refractivity contribution is 0.0374. The fourth-order valence-corrected chi connectivity index (χ4v) is 3.27. The molecule has 0 unspecified atom stereocenters. The van der Waals surface area contributed by atoms with Gasteiger partial charge in [-0.25, -0.2) is 4.39 Å². The molecule has 0 saturated carbocycles. The van der Waals surface area contributed by atoms with E-state index in [1.54, 1.807) is 24.3 Å². The van der Waals surface area contributed by atoms with E-state index in [0.29, 0.717) is 17.1 Å². The van der Waals surface area contributed by atoms with Crippen LogP contribution in [-0.4, -0.2) is 44.3 Å². The molecule has 0 atom stereocenters. The number of rotatable bonds is 9. The largest absolute Gasteiger partial charge is 0.488 e. The molecule has 0 aliphatic carbocycles. The molecule has 3 rings (SSSR count). The van der Waals surface area contributed by atoms with Crippen LogP contribution in [0.2, 0.25) is 5.02 Å². The van der Waals surface area contributed by atoms with E-state index in [1.807, 2.05) is 12.1 Å². The molecule has 1 N–H and O–H groups in total. The summed E-state index contributed by atoms with van der Waals surface area (Å²) in [5.41, 5.74) is 1.52. The van der Waals surface area contributed by atoms with Gasteiger partial charge in [-0.05, 0) is 43.8 Å². The SMILES string of the molecule is Cl.Cl.Fc1ccccc1COc1ccc(Cl)cc1CNCCCN1CCOCC1. The van der Waals surface area contributed by atoms with Gasteiger partial charge in [-0.15, -0.1) is 24.8 Å². The lowest BCUT2D eigenvalue weighted by Crippen LogP contribution is -2.37. The maximum Gasteiger partial charge on any atom is 0.129 e. The third-order valence-corrected chi connectivity index (χ3v) is 4.85. The van der Waals surface area contributed by atoms with Gasteiger partial charge in [0.15, 0.2) is 0 Å². The summed E-state index contributed by atoms with van der Waals surface area (Å²) < 4.78 is 25.0. The predicted molar refractivity (Wildman–Crippen MR) is 120 cm³/mol. The van der Waals surface area contributed by atoms with Gasteiger partial charge in [-0.3, -0.25) is 4.90 Å². The minimum Gasteiger partial charge on any atom is -0.488 e. The number of ether oxygens (including phenoxy) is 2. The van der Waals surface area contributed by atoms with Crippen LogP contribution in [0.3, 0.4) is 0 Å². The zero-order valence-corrected chi connectivity index (χ0v) is 18.6. The summed E-state index contributed by atoms with van der Waals surface area (Å²) in [6.45, 7) is 6.54. The summed E-state index contributed by atoms with van der Waals surface area (Å²) >= 11 is 6.14. The Morgan fingerprint density at radius 1 is 1.07 bits per heavy atom. The van der Waals surface area contributed by atoms with E-state index in [1.165, 1.54) is 6.07 Å². The molecule has 1 heterocycles. The summed E-state index contributed by atoms with van der Waals surface area (Å²) in [6.07, 6.45) is 1.08. The second-order valence-electron chi connectivity index (χ2n) is 6.62. The van der Waals surface area contributed by atoms with Crippen molar-refractivity contribution in [1.82, 2.24) is 10.2 Å². The van der Waals surface area contributed by atoms with Crippen LogP contribution in [0, 0.1) is 5.82 Å². The van der Waals surface area contributed by atoms with Gasteiger partial charge in [-0.2, -0.15) is 0 Å². The average molecular weight is 466 g/mol. The van der Waals surface area contributed by atoms with Crippen molar-refractivity contribution in [1.29, 1.82) is 0 Å². The molecule has 2 aromatic rings. The lowest BCUT2D eigenvalue weighted by atomic mass is 10.2. The molecule has 162 valence electrons. The summed E-state index contributed by atoms with van der Waals surface area (Å²) in [7, 11) is 0. The van der Waals surface area contributed by atoms with E-state index in [2.05, 4.69) is 10.2 Å². The monoisotopic (exact) mass is 464 g/mol. The number of morpholine rings is 1. The highest BCUT2D eigenvalue weighted by Crippen LogP contribution is 2.24. The van der Waals surface area contributed by atoms with Crippen LogP contribution in [0.5, 0.6) is 5.75 Å². The summed E-state index contributed by atoms with van der Waals surface area (Å²) in [5, 5.41) is 4.11. The zero-order chi connectivity index (χ0) is 18.9. The number of benzene rings is 2. The molecule has 29 heavy (non-hydrogen) atoms. The van der Waals surface area contributed by atoms with E-state index in [0.717, 1.165) is 57.1 Å². The highest BCUT2D eigenvalue weighted by Gasteiger charge is 2.10. The first-order chi connectivity index (χ1) is 13.2. The molecule has 1 aliphatic heterocycles. The average Bonchev–Trinajstić information content (AvgIpc) is 2.69. The Morgan fingerprint density at radius 2 is 1.83 bits per heavy atom. The van der Waals surface area contributed by atoms with Crippen LogP contribution < -0.4 is 10.1 Å². The molecule has 8 heteroatoms. The van der Waals surface area contributed by atoms with Crippen LogP contribution in [0.15, 0.2) is 42.5 Å². The number of hydrogen-bond acceptors (Lipinski definition) is 4. The molecule has 0 spiro atoms. The first-order valence-corrected chi connectivity index (χ1v) is 9.75. The number of nitrogens with zero attached hydrogens (tertiary/aromatic N) is 1. The molecular weight excluding hydrogens is 438 g/mol. The van der Waals surface area contributed by atoms with Crippen molar-refractivity contribution in [3.05, 3.63) is 64.4 Å². The van der Waals surface area contributed by atoms with Crippen LogP contribution in [0.4, 0.5) is 4.39 Å². The van der Waals surface area contributed by atoms with Gasteiger partial charge in [0.05, 0.1) is 13.2 Å². The van der Waals surface area contributed by atoms with Crippen LogP contribution in [0.1, 0.15) is 17.5 Å². The molecule has 1 aliphatic rings.